The lowest BCUT2D eigenvalue weighted by atomic mass is 10.2. The second-order valence-electron chi connectivity index (χ2n) is 6.98. The molecule has 32 heavy (non-hydrogen) atoms. The van der Waals surface area contributed by atoms with Gasteiger partial charge in [0, 0.05) is 24.4 Å². The Morgan fingerprint density at radius 2 is 1.84 bits per heavy atom. The summed E-state index contributed by atoms with van der Waals surface area (Å²) in [6.07, 6.45) is 0.663. The number of benzene rings is 2. The van der Waals surface area contributed by atoms with Gasteiger partial charge in [-0.25, -0.2) is 0 Å². The van der Waals surface area contributed by atoms with Gasteiger partial charge < -0.3 is 14.6 Å². The highest BCUT2D eigenvalue weighted by Gasteiger charge is 2.19. The van der Waals surface area contributed by atoms with Gasteiger partial charge in [0.1, 0.15) is 5.75 Å². The maximum atomic E-state index is 12.3. The van der Waals surface area contributed by atoms with E-state index in [2.05, 4.69) is 22.4 Å². The number of ether oxygens (including phenoxy) is 1. The second kappa shape index (κ2) is 10.8. The number of carbonyl (C=O) groups excluding carboxylic acids is 1. The quantitative estimate of drug-likeness (QED) is 0.269. The second-order valence-corrected chi connectivity index (χ2v) is 7.93. The molecule has 1 N–H and O–H groups in total. The Morgan fingerprint density at radius 1 is 1.16 bits per heavy atom. The van der Waals surface area contributed by atoms with Crippen molar-refractivity contribution in [3.05, 3.63) is 70.0 Å². The number of anilines is 1. The van der Waals surface area contributed by atoms with Crippen molar-refractivity contribution in [3.63, 3.8) is 0 Å². The number of hydrogen-bond donors (Lipinski definition) is 1. The molecule has 3 rings (SSSR count). The van der Waals surface area contributed by atoms with E-state index in [1.54, 1.807) is 0 Å². The van der Waals surface area contributed by atoms with Crippen LogP contribution in [0.2, 0.25) is 0 Å². The van der Waals surface area contributed by atoms with Gasteiger partial charge >= 0.3 is 0 Å². The smallest absolute Gasteiger partial charge is 0.269 e. The third-order valence-electron chi connectivity index (χ3n) is 4.76. The van der Waals surface area contributed by atoms with Crippen molar-refractivity contribution in [2.24, 2.45) is 0 Å². The molecule has 0 aliphatic rings. The van der Waals surface area contributed by atoms with E-state index in [1.165, 1.54) is 41.6 Å². The molecule has 1 atom stereocenters. The predicted molar refractivity (Wildman–Crippen MR) is 123 cm³/mol. The van der Waals surface area contributed by atoms with Crippen LogP contribution in [-0.4, -0.2) is 31.3 Å². The van der Waals surface area contributed by atoms with Crippen LogP contribution in [0.15, 0.2) is 53.7 Å². The molecular formula is C22H25N5O4S. The van der Waals surface area contributed by atoms with Crippen LogP contribution in [0.4, 0.5) is 11.4 Å². The fraction of sp³-hybridized carbons (Fsp3) is 0.318. The topological polar surface area (TPSA) is 112 Å². The number of nitro benzene ring substituents is 1. The van der Waals surface area contributed by atoms with Crippen LogP contribution < -0.4 is 10.1 Å². The first-order valence-electron chi connectivity index (χ1n) is 10.3. The van der Waals surface area contributed by atoms with Crippen LogP contribution in [0.1, 0.15) is 38.3 Å². The number of nitro groups is 1. The number of nitrogens with zero attached hydrogens (tertiary/aromatic N) is 4. The van der Waals surface area contributed by atoms with Crippen molar-refractivity contribution >= 4 is 29.0 Å². The lowest BCUT2D eigenvalue weighted by molar-refractivity contribution is -0.384. The number of rotatable bonds is 10. The highest BCUT2D eigenvalue weighted by Crippen LogP contribution is 2.25. The molecule has 1 heterocycles. The van der Waals surface area contributed by atoms with E-state index in [9.17, 15) is 14.9 Å². The summed E-state index contributed by atoms with van der Waals surface area (Å²) in [5, 5.41) is 22.6. The van der Waals surface area contributed by atoms with E-state index in [0.29, 0.717) is 23.2 Å². The summed E-state index contributed by atoms with van der Waals surface area (Å²) in [7, 11) is 0. The average molecular weight is 456 g/mol. The Hall–Kier alpha value is -3.40. The van der Waals surface area contributed by atoms with Gasteiger partial charge in [0.05, 0.1) is 10.7 Å². The minimum absolute atomic E-state index is 0.0291. The molecule has 3 aromatic rings. The first kappa shape index (κ1) is 23.3. The number of amides is 1. The normalized spacial score (nSPS) is 11.7. The molecule has 1 unspecified atom stereocenters. The van der Waals surface area contributed by atoms with E-state index < -0.39 is 4.92 Å². The number of aromatic nitrogens is 3. The molecule has 0 fully saturated rings. The molecule has 0 aliphatic heterocycles. The lowest BCUT2D eigenvalue weighted by Crippen LogP contribution is -2.15. The van der Waals surface area contributed by atoms with E-state index >= 15 is 0 Å². The summed E-state index contributed by atoms with van der Waals surface area (Å²) in [6, 6.07) is 13.7. The highest BCUT2D eigenvalue weighted by molar-refractivity contribution is 7.99. The minimum Gasteiger partial charge on any atom is -0.483 e. The highest BCUT2D eigenvalue weighted by atomic mass is 32.2. The number of thioether (sulfide) groups is 1. The molecule has 1 aromatic heterocycles. The molecule has 0 radical (unpaired) electrons. The van der Waals surface area contributed by atoms with Gasteiger partial charge in [-0.1, -0.05) is 30.8 Å². The lowest BCUT2D eigenvalue weighted by Gasteiger charge is -2.16. The summed E-state index contributed by atoms with van der Waals surface area (Å²) < 4.78 is 7.95. The fourth-order valence-corrected chi connectivity index (χ4v) is 3.87. The Morgan fingerprint density at radius 3 is 2.44 bits per heavy atom. The molecular weight excluding hydrogens is 430 g/mol. The predicted octanol–water partition coefficient (Wildman–Crippen LogP) is 4.64. The zero-order chi connectivity index (χ0) is 23.1. The average Bonchev–Trinajstić information content (AvgIpc) is 3.21. The Balaban J connectivity index is 1.59. The largest absolute Gasteiger partial charge is 0.483 e. The molecule has 9 nitrogen and oxygen atoms in total. The van der Waals surface area contributed by atoms with Crippen molar-refractivity contribution in [1.82, 2.24) is 14.8 Å². The SMILES string of the molecule is CCc1ccc(OC(C)c2nnc(SCC(=O)Nc3ccc([N+](=O)[O-])cc3)n2CC)cc1. The zero-order valence-corrected chi connectivity index (χ0v) is 19.0. The Bertz CT molecular complexity index is 1070. The third-order valence-corrected chi connectivity index (χ3v) is 5.73. The van der Waals surface area contributed by atoms with Crippen LogP contribution in [0.5, 0.6) is 5.75 Å². The van der Waals surface area contributed by atoms with Crippen LogP contribution in [0, 0.1) is 10.1 Å². The van der Waals surface area contributed by atoms with Crippen molar-refractivity contribution < 1.29 is 14.5 Å². The van der Waals surface area contributed by atoms with E-state index in [4.69, 9.17) is 4.74 Å². The molecule has 0 saturated carbocycles. The zero-order valence-electron chi connectivity index (χ0n) is 18.1. The maximum Gasteiger partial charge on any atom is 0.269 e. The Labute approximate surface area is 190 Å². The van der Waals surface area contributed by atoms with Crippen molar-refractivity contribution in [2.75, 3.05) is 11.1 Å². The van der Waals surface area contributed by atoms with Gasteiger partial charge in [-0.15, -0.1) is 10.2 Å². The third kappa shape index (κ3) is 5.85. The van der Waals surface area contributed by atoms with Gasteiger partial charge in [-0.05, 0) is 50.1 Å². The molecule has 0 bridgehead atoms. The molecule has 2 aromatic carbocycles. The number of nitrogens with one attached hydrogen (secondary N) is 1. The monoisotopic (exact) mass is 455 g/mol. The van der Waals surface area contributed by atoms with Crippen LogP contribution in [0.25, 0.3) is 0 Å². The van der Waals surface area contributed by atoms with Crippen molar-refractivity contribution in [2.45, 2.75) is 45.0 Å². The van der Waals surface area contributed by atoms with Gasteiger partial charge in [0.25, 0.3) is 5.69 Å². The maximum absolute atomic E-state index is 12.3. The molecule has 0 spiro atoms. The number of non-ortho nitro benzene ring substituents is 1. The van der Waals surface area contributed by atoms with Gasteiger partial charge in [0.2, 0.25) is 5.91 Å². The molecule has 0 aliphatic carbocycles. The first-order valence-corrected chi connectivity index (χ1v) is 11.3. The number of hydrogen-bond acceptors (Lipinski definition) is 7. The summed E-state index contributed by atoms with van der Waals surface area (Å²) in [5.74, 6) is 1.33. The van der Waals surface area contributed by atoms with Gasteiger partial charge in [-0.3, -0.25) is 14.9 Å². The first-order chi connectivity index (χ1) is 15.4. The molecule has 0 saturated heterocycles. The fourth-order valence-electron chi connectivity index (χ4n) is 3.06. The number of aryl methyl sites for hydroxylation is 1. The van der Waals surface area contributed by atoms with Gasteiger partial charge in [0.15, 0.2) is 17.1 Å². The minimum atomic E-state index is -0.485. The van der Waals surface area contributed by atoms with E-state index in [0.717, 1.165) is 12.2 Å². The standard InChI is InChI=1S/C22H25N5O4S/c1-4-16-6-12-19(13-7-16)31-15(3)21-24-25-22(26(21)5-2)32-14-20(28)23-17-8-10-18(11-9-17)27(29)30/h6-13,15H,4-5,14H2,1-3H3,(H,23,28). The van der Waals surface area contributed by atoms with Crippen LogP contribution in [0.3, 0.4) is 0 Å². The summed E-state index contributed by atoms with van der Waals surface area (Å²) in [4.78, 5) is 22.5. The van der Waals surface area contributed by atoms with E-state index in [-0.39, 0.29) is 23.5 Å². The summed E-state index contributed by atoms with van der Waals surface area (Å²) in [6.45, 7) is 6.64. The molecule has 168 valence electrons. The Kier molecular flexibility index (Phi) is 7.82. The molecule has 10 heteroatoms. The summed E-state index contributed by atoms with van der Waals surface area (Å²) in [5.41, 5.74) is 1.71. The van der Waals surface area contributed by atoms with Crippen molar-refractivity contribution in [3.8, 4) is 5.75 Å². The summed E-state index contributed by atoms with van der Waals surface area (Å²) >= 11 is 1.27. The van der Waals surface area contributed by atoms with Crippen LogP contribution >= 0.6 is 11.8 Å². The van der Waals surface area contributed by atoms with E-state index in [1.807, 2.05) is 42.7 Å². The number of carbonyl (C=O) groups is 1. The van der Waals surface area contributed by atoms with Crippen molar-refractivity contribution in [1.29, 1.82) is 0 Å². The van der Waals surface area contributed by atoms with Crippen LogP contribution in [-0.2, 0) is 17.8 Å². The van der Waals surface area contributed by atoms with Gasteiger partial charge in [-0.2, -0.15) is 0 Å². The molecule has 1 amide bonds.